The van der Waals surface area contributed by atoms with E-state index in [1.54, 1.807) is 14.2 Å². The highest BCUT2D eigenvalue weighted by molar-refractivity contribution is 6.17. The van der Waals surface area contributed by atoms with E-state index < -0.39 is 0 Å². The molecule has 0 saturated carbocycles. The van der Waals surface area contributed by atoms with Crippen molar-refractivity contribution in [3.8, 4) is 17.2 Å². The van der Waals surface area contributed by atoms with Crippen LogP contribution in [0.25, 0.3) is 0 Å². The zero-order valence-electron chi connectivity index (χ0n) is 11.3. The van der Waals surface area contributed by atoms with Crippen LogP contribution in [0.1, 0.15) is 24.8 Å². The van der Waals surface area contributed by atoms with Gasteiger partial charge in [-0.25, -0.2) is 0 Å². The van der Waals surface area contributed by atoms with E-state index in [0.717, 1.165) is 24.8 Å². The van der Waals surface area contributed by atoms with E-state index in [-0.39, 0.29) is 0 Å². The second kappa shape index (κ2) is 8.09. The average Bonchev–Trinajstić information content (AvgIpc) is 2.39. The molecule has 0 aromatic heterocycles. The third-order valence-electron chi connectivity index (χ3n) is 2.63. The zero-order chi connectivity index (χ0) is 13.4. The Labute approximate surface area is 114 Å². The lowest BCUT2D eigenvalue weighted by atomic mass is 10.2. The van der Waals surface area contributed by atoms with Crippen LogP contribution in [0, 0.1) is 6.92 Å². The van der Waals surface area contributed by atoms with Gasteiger partial charge in [-0.2, -0.15) is 0 Å². The van der Waals surface area contributed by atoms with Crippen molar-refractivity contribution in [3.05, 3.63) is 17.7 Å². The third-order valence-corrected chi connectivity index (χ3v) is 2.90. The van der Waals surface area contributed by atoms with E-state index in [9.17, 15) is 0 Å². The molecule has 0 N–H and O–H groups in total. The minimum atomic E-state index is 0.646. The summed E-state index contributed by atoms with van der Waals surface area (Å²) in [5.41, 5.74) is 1.08. The van der Waals surface area contributed by atoms with Gasteiger partial charge in [0, 0.05) is 5.88 Å². The van der Waals surface area contributed by atoms with Gasteiger partial charge < -0.3 is 14.2 Å². The van der Waals surface area contributed by atoms with Crippen molar-refractivity contribution in [3.63, 3.8) is 0 Å². The summed E-state index contributed by atoms with van der Waals surface area (Å²) in [5.74, 6) is 2.81. The fraction of sp³-hybridized carbons (Fsp3) is 0.571. The smallest absolute Gasteiger partial charge is 0.203 e. The first-order chi connectivity index (χ1) is 8.72. The Morgan fingerprint density at radius 1 is 1.00 bits per heavy atom. The highest BCUT2D eigenvalue weighted by Gasteiger charge is 2.12. The summed E-state index contributed by atoms with van der Waals surface area (Å²) in [4.78, 5) is 0. The van der Waals surface area contributed by atoms with Crippen LogP contribution < -0.4 is 14.2 Å². The fourth-order valence-electron chi connectivity index (χ4n) is 1.70. The Morgan fingerprint density at radius 3 is 2.11 bits per heavy atom. The molecule has 1 aromatic carbocycles. The molecule has 0 spiro atoms. The van der Waals surface area contributed by atoms with E-state index in [2.05, 4.69) is 0 Å². The van der Waals surface area contributed by atoms with Crippen molar-refractivity contribution in [2.45, 2.75) is 26.2 Å². The molecule has 0 aliphatic carbocycles. The molecule has 0 heterocycles. The molecule has 0 bridgehead atoms. The average molecular weight is 273 g/mol. The molecule has 18 heavy (non-hydrogen) atoms. The van der Waals surface area contributed by atoms with Gasteiger partial charge in [0.1, 0.15) is 0 Å². The summed E-state index contributed by atoms with van der Waals surface area (Å²) in [6, 6.07) is 3.88. The predicted molar refractivity (Wildman–Crippen MR) is 74.3 cm³/mol. The number of aryl methyl sites for hydroxylation is 1. The van der Waals surface area contributed by atoms with Crippen LogP contribution in [-0.4, -0.2) is 26.7 Å². The molecule has 102 valence electrons. The van der Waals surface area contributed by atoms with Crippen LogP contribution >= 0.6 is 11.6 Å². The molecule has 1 rings (SSSR count). The van der Waals surface area contributed by atoms with Crippen molar-refractivity contribution < 1.29 is 14.2 Å². The Morgan fingerprint density at radius 2 is 1.61 bits per heavy atom. The number of rotatable bonds is 8. The van der Waals surface area contributed by atoms with Gasteiger partial charge >= 0.3 is 0 Å². The number of hydrogen-bond acceptors (Lipinski definition) is 3. The van der Waals surface area contributed by atoms with Gasteiger partial charge in [0.05, 0.1) is 20.8 Å². The van der Waals surface area contributed by atoms with Gasteiger partial charge in [0.25, 0.3) is 0 Å². The molecule has 0 amide bonds. The molecule has 0 atom stereocenters. The van der Waals surface area contributed by atoms with Gasteiger partial charge in [-0.1, -0.05) is 0 Å². The number of halogens is 1. The summed E-state index contributed by atoms with van der Waals surface area (Å²) in [6.45, 7) is 2.64. The zero-order valence-corrected chi connectivity index (χ0v) is 12.0. The van der Waals surface area contributed by atoms with Gasteiger partial charge in [0.15, 0.2) is 11.5 Å². The Kier molecular flexibility index (Phi) is 6.73. The normalized spacial score (nSPS) is 10.2. The van der Waals surface area contributed by atoms with Crippen molar-refractivity contribution in [2.75, 3.05) is 26.7 Å². The van der Waals surface area contributed by atoms with Crippen LogP contribution in [0.2, 0.25) is 0 Å². The maximum atomic E-state index is 5.76. The first-order valence-corrected chi connectivity index (χ1v) is 6.67. The van der Waals surface area contributed by atoms with E-state index in [0.29, 0.717) is 29.7 Å². The van der Waals surface area contributed by atoms with Crippen molar-refractivity contribution in [1.29, 1.82) is 0 Å². The lowest BCUT2D eigenvalue weighted by Gasteiger charge is -2.15. The van der Waals surface area contributed by atoms with E-state index in [1.165, 1.54) is 0 Å². The quantitative estimate of drug-likeness (QED) is 0.532. The molecule has 0 saturated heterocycles. The van der Waals surface area contributed by atoms with Gasteiger partial charge in [-0.05, 0) is 43.9 Å². The number of hydrogen-bond donors (Lipinski definition) is 0. The minimum absolute atomic E-state index is 0.646. The molecule has 0 radical (unpaired) electrons. The van der Waals surface area contributed by atoms with Gasteiger partial charge in [0.2, 0.25) is 5.75 Å². The number of methoxy groups -OCH3 is 2. The summed E-state index contributed by atoms with van der Waals surface area (Å²) in [5, 5.41) is 0. The van der Waals surface area contributed by atoms with Crippen LogP contribution in [0.4, 0.5) is 0 Å². The van der Waals surface area contributed by atoms with Gasteiger partial charge in [-0.3, -0.25) is 0 Å². The van der Waals surface area contributed by atoms with Crippen molar-refractivity contribution >= 4 is 11.6 Å². The highest BCUT2D eigenvalue weighted by Crippen LogP contribution is 2.38. The Hall–Kier alpha value is -1.09. The lowest BCUT2D eigenvalue weighted by molar-refractivity contribution is 0.268. The second-order valence-corrected chi connectivity index (χ2v) is 4.47. The number of unbranched alkanes of at least 4 members (excludes halogenated alkanes) is 2. The number of benzene rings is 1. The summed E-state index contributed by atoms with van der Waals surface area (Å²) < 4.78 is 16.4. The third kappa shape index (κ3) is 4.30. The topological polar surface area (TPSA) is 27.7 Å². The van der Waals surface area contributed by atoms with Crippen LogP contribution in [-0.2, 0) is 0 Å². The molecular weight excluding hydrogens is 252 g/mol. The second-order valence-electron chi connectivity index (χ2n) is 4.10. The minimum Gasteiger partial charge on any atom is -0.493 e. The first kappa shape index (κ1) is 15.0. The van der Waals surface area contributed by atoms with Crippen molar-refractivity contribution in [2.24, 2.45) is 0 Å². The standard InChI is InChI=1S/C14H21ClO3/c1-11-9-12(16-2)14(13(10-11)17-3)18-8-6-4-5-7-15/h9-10H,4-8H2,1-3H3. The summed E-state index contributed by atoms with van der Waals surface area (Å²) in [7, 11) is 3.27. The molecule has 1 aromatic rings. The largest absolute Gasteiger partial charge is 0.493 e. The number of alkyl halides is 1. The van der Waals surface area contributed by atoms with E-state index in [1.807, 2.05) is 19.1 Å². The van der Waals surface area contributed by atoms with E-state index in [4.69, 9.17) is 25.8 Å². The maximum absolute atomic E-state index is 5.76. The Bertz CT molecular complexity index is 341. The maximum Gasteiger partial charge on any atom is 0.203 e. The molecule has 0 aliphatic heterocycles. The molecule has 0 unspecified atom stereocenters. The van der Waals surface area contributed by atoms with Crippen LogP contribution in [0.15, 0.2) is 12.1 Å². The molecule has 0 aliphatic rings. The molecular formula is C14H21ClO3. The Balaban J connectivity index is 2.67. The van der Waals surface area contributed by atoms with E-state index >= 15 is 0 Å². The van der Waals surface area contributed by atoms with Crippen LogP contribution in [0.5, 0.6) is 17.2 Å². The first-order valence-electron chi connectivity index (χ1n) is 6.14. The summed E-state index contributed by atoms with van der Waals surface area (Å²) in [6.07, 6.45) is 3.07. The molecule has 3 nitrogen and oxygen atoms in total. The summed E-state index contributed by atoms with van der Waals surface area (Å²) >= 11 is 5.63. The SMILES string of the molecule is COc1cc(C)cc(OC)c1OCCCCCCl. The monoisotopic (exact) mass is 272 g/mol. The predicted octanol–water partition coefficient (Wildman–Crippen LogP) is 3.80. The molecule has 0 fully saturated rings. The fourth-order valence-corrected chi connectivity index (χ4v) is 1.89. The molecule has 4 heteroatoms. The van der Waals surface area contributed by atoms with Crippen molar-refractivity contribution in [1.82, 2.24) is 0 Å². The number of ether oxygens (including phenoxy) is 3. The highest BCUT2D eigenvalue weighted by atomic mass is 35.5. The van der Waals surface area contributed by atoms with Gasteiger partial charge in [-0.15, -0.1) is 11.6 Å². The van der Waals surface area contributed by atoms with Crippen LogP contribution in [0.3, 0.4) is 0 Å². The lowest BCUT2D eigenvalue weighted by Crippen LogP contribution is -2.02.